The molecule has 1 aliphatic rings. The van der Waals surface area contributed by atoms with E-state index >= 15 is 0 Å². The summed E-state index contributed by atoms with van der Waals surface area (Å²) in [6, 6.07) is 12.0. The minimum Gasteiger partial charge on any atom is -0.274 e. The molecule has 0 bridgehead atoms. The summed E-state index contributed by atoms with van der Waals surface area (Å²) in [7, 11) is 0. The predicted molar refractivity (Wildman–Crippen MR) is 80.1 cm³/mol. The van der Waals surface area contributed by atoms with Gasteiger partial charge in [0.15, 0.2) is 0 Å². The minimum absolute atomic E-state index is 0.103. The van der Waals surface area contributed by atoms with Gasteiger partial charge >= 0.3 is 0 Å². The molecular formula is C17H18N2O. The Morgan fingerprint density at radius 3 is 2.90 bits per heavy atom. The van der Waals surface area contributed by atoms with Crippen molar-refractivity contribution in [3.63, 3.8) is 0 Å². The lowest BCUT2D eigenvalue weighted by molar-refractivity contribution is -0.116. The molecule has 2 heterocycles. The van der Waals surface area contributed by atoms with E-state index in [1.54, 1.807) is 11.1 Å². The highest BCUT2D eigenvalue weighted by Gasteiger charge is 2.29. The number of rotatable bonds is 4. The summed E-state index contributed by atoms with van der Waals surface area (Å²) in [5.41, 5.74) is 3.42. The minimum atomic E-state index is 0.103. The van der Waals surface area contributed by atoms with E-state index in [0.29, 0.717) is 12.2 Å². The molecular weight excluding hydrogens is 248 g/mol. The van der Waals surface area contributed by atoms with Crippen LogP contribution in [-0.2, 0) is 17.6 Å². The Morgan fingerprint density at radius 1 is 1.25 bits per heavy atom. The van der Waals surface area contributed by atoms with Crippen LogP contribution in [-0.4, -0.2) is 10.9 Å². The van der Waals surface area contributed by atoms with Crippen molar-refractivity contribution in [2.45, 2.75) is 32.6 Å². The molecule has 0 atom stereocenters. The summed E-state index contributed by atoms with van der Waals surface area (Å²) in [5, 5.41) is 0. The molecule has 0 radical (unpaired) electrons. The molecule has 0 spiro atoms. The number of pyridine rings is 1. The van der Waals surface area contributed by atoms with Crippen LogP contribution in [0.5, 0.6) is 0 Å². The Balaban J connectivity index is 1.93. The average molecular weight is 266 g/mol. The van der Waals surface area contributed by atoms with Gasteiger partial charge in [0.25, 0.3) is 0 Å². The maximum atomic E-state index is 12.2. The number of fused-ring (bicyclic) bond motifs is 1. The van der Waals surface area contributed by atoms with Gasteiger partial charge in [0.1, 0.15) is 5.82 Å². The molecule has 2 aromatic rings. The molecule has 3 nitrogen and oxygen atoms in total. The van der Waals surface area contributed by atoms with E-state index in [1.165, 1.54) is 18.4 Å². The van der Waals surface area contributed by atoms with Crippen molar-refractivity contribution in [3.05, 3.63) is 53.7 Å². The third-order valence-corrected chi connectivity index (χ3v) is 3.67. The Labute approximate surface area is 119 Å². The van der Waals surface area contributed by atoms with Gasteiger partial charge < -0.3 is 0 Å². The van der Waals surface area contributed by atoms with Gasteiger partial charge in [0.05, 0.1) is 12.1 Å². The molecule has 3 heteroatoms. The molecule has 20 heavy (non-hydrogen) atoms. The van der Waals surface area contributed by atoms with Crippen LogP contribution in [0.2, 0.25) is 0 Å². The van der Waals surface area contributed by atoms with E-state index in [-0.39, 0.29) is 5.91 Å². The molecule has 1 aromatic heterocycles. The van der Waals surface area contributed by atoms with Crippen molar-refractivity contribution < 1.29 is 4.79 Å². The molecule has 0 saturated carbocycles. The van der Waals surface area contributed by atoms with Crippen LogP contribution in [0.15, 0.2) is 42.6 Å². The molecule has 0 aliphatic carbocycles. The topological polar surface area (TPSA) is 33.2 Å². The highest BCUT2D eigenvalue weighted by molar-refractivity contribution is 6.06. The maximum Gasteiger partial charge on any atom is 0.237 e. The van der Waals surface area contributed by atoms with Crippen molar-refractivity contribution in [1.82, 2.24) is 4.98 Å². The van der Waals surface area contributed by atoms with E-state index in [9.17, 15) is 4.79 Å². The van der Waals surface area contributed by atoms with Crippen molar-refractivity contribution in [1.29, 1.82) is 0 Å². The van der Waals surface area contributed by atoms with Crippen LogP contribution in [0.4, 0.5) is 11.5 Å². The number of benzene rings is 1. The molecule has 102 valence electrons. The van der Waals surface area contributed by atoms with E-state index in [1.807, 2.05) is 18.2 Å². The lowest BCUT2D eigenvalue weighted by Crippen LogP contribution is -2.21. The zero-order chi connectivity index (χ0) is 13.9. The Kier molecular flexibility index (Phi) is 3.50. The Hall–Kier alpha value is -2.16. The van der Waals surface area contributed by atoms with Crippen LogP contribution < -0.4 is 4.90 Å². The fourth-order valence-corrected chi connectivity index (χ4v) is 2.65. The first-order valence-corrected chi connectivity index (χ1v) is 7.15. The van der Waals surface area contributed by atoms with Crippen LogP contribution in [0.1, 0.15) is 30.9 Å². The molecule has 0 saturated heterocycles. The summed E-state index contributed by atoms with van der Waals surface area (Å²) in [4.78, 5) is 18.3. The van der Waals surface area contributed by atoms with Crippen molar-refractivity contribution in [3.8, 4) is 0 Å². The third kappa shape index (κ3) is 2.31. The normalized spacial score (nSPS) is 13.7. The molecule has 1 aromatic carbocycles. The van der Waals surface area contributed by atoms with Crippen molar-refractivity contribution in [2.24, 2.45) is 0 Å². The number of carbonyl (C=O) groups is 1. The number of hydrogen-bond donors (Lipinski definition) is 0. The van der Waals surface area contributed by atoms with Crippen LogP contribution in [0.3, 0.4) is 0 Å². The number of amides is 1. The van der Waals surface area contributed by atoms with E-state index in [2.05, 4.69) is 30.1 Å². The second-order valence-corrected chi connectivity index (χ2v) is 5.16. The first-order chi connectivity index (χ1) is 9.79. The molecule has 0 fully saturated rings. The van der Waals surface area contributed by atoms with E-state index in [0.717, 1.165) is 17.7 Å². The summed E-state index contributed by atoms with van der Waals surface area (Å²) < 4.78 is 0. The second kappa shape index (κ2) is 5.45. The highest BCUT2D eigenvalue weighted by atomic mass is 16.2. The fourth-order valence-electron chi connectivity index (χ4n) is 2.65. The zero-order valence-corrected chi connectivity index (χ0v) is 11.7. The van der Waals surface area contributed by atoms with Gasteiger partial charge in [0, 0.05) is 6.20 Å². The number of hydrogen-bond acceptors (Lipinski definition) is 2. The van der Waals surface area contributed by atoms with Gasteiger partial charge in [-0.25, -0.2) is 4.98 Å². The van der Waals surface area contributed by atoms with Crippen molar-refractivity contribution >= 4 is 17.4 Å². The molecule has 0 N–H and O–H groups in total. The maximum absolute atomic E-state index is 12.2. The smallest absolute Gasteiger partial charge is 0.237 e. The van der Waals surface area contributed by atoms with Crippen LogP contribution in [0.25, 0.3) is 0 Å². The number of nitrogens with zero attached hydrogens (tertiary/aromatic N) is 2. The first kappa shape index (κ1) is 12.9. The van der Waals surface area contributed by atoms with Gasteiger partial charge in [0.2, 0.25) is 5.91 Å². The van der Waals surface area contributed by atoms with Gasteiger partial charge in [-0.3, -0.25) is 9.69 Å². The van der Waals surface area contributed by atoms with Crippen LogP contribution in [0, 0.1) is 0 Å². The second-order valence-electron chi connectivity index (χ2n) is 5.16. The number of anilines is 2. The van der Waals surface area contributed by atoms with Gasteiger partial charge in [-0.2, -0.15) is 0 Å². The lowest BCUT2D eigenvalue weighted by atomic mass is 10.0. The number of unbranched alkanes of at least 4 members (excludes halogenated alkanes) is 1. The SMILES string of the molecule is CCCCc1ccc2c(c1)CC(=O)N2c1ccccn1. The van der Waals surface area contributed by atoms with Crippen molar-refractivity contribution in [2.75, 3.05) is 4.90 Å². The van der Waals surface area contributed by atoms with Gasteiger partial charge in [-0.05, 0) is 42.2 Å². The third-order valence-electron chi connectivity index (χ3n) is 3.67. The molecule has 1 aliphatic heterocycles. The first-order valence-electron chi connectivity index (χ1n) is 7.15. The average Bonchev–Trinajstić information content (AvgIpc) is 2.81. The fraction of sp³-hybridized carbons (Fsp3) is 0.294. The van der Waals surface area contributed by atoms with Gasteiger partial charge in [-0.15, -0.1) is 0 Å². The summed E-state index contributed by atoms with van der Waals surface area (Å²) in [6.07, 6.45) is 5.66. The summed E-state index contributed by atoms with van der Waals surface area (Å²) in [5.74, 6) is 0.809. The molecule has 0 unspecified atom stereocenters. The monoisotopic (exact) mass is 266 g/mol. The number of carbonyl (C=O) groups excluding carboxylic acids is 1. The Morgan fingerprint density at radius 2 is 2.15 bits per heavy atom. The molecule has 1 amide bonds. The predicted octanol–water partition coefficient (Wildman–Crippen LogP) is 3.65. The van der Waals surface area contributed by atoms with Crippen LogP contribution >= 0.6 is 0 Å². The largest absolute Gasteiger partial charge is 0.274 e. The quantitative estimate of drug-likeness (QED) is 0.846. The lowest BCUT2D eigenvalue weighted by Gasteiger charge is -2.16. The van der Waals surface area contributed by atoms with E-state index in [4.69, 9.17) is 0 Å². The molecule has 3 rings (SSSR count). The zero-order valence-electron chi connectivity index (χ0n) is 11.7. The van der Waals surface area contributed by atoms with E-state index < -0.39 is 0 Å². The highest BCUT2D eigenvalue weighted by Crippen LogP contribution is 2.34. The number of aryl methyl sites for hydroxylation is 1. The Bertz CT molecular complexity index is 622. The summed E-state index contributed by atoms with van der Waals surface area (Å²) >= 11 is 0. The standard InChI is InChI=1S/C17H18N2O/c1-2-3-6-13-8-9-15-14(11-13)12-17(20)19(15)16-7-4-5-10-18-16/h4-5,7-11H,2-3,6,12H2,1H3. The summed E-state index contributed by atoms with van der Waals surface area (Å²) in [6.45, 7) is 2.19. The number of aromatic nitrogens is 1. The van der Waals surface area contributed by atoms with Gasteiger partial charge in [-0.1, -0.05) is 31.5 Å².